The van der Waals surface area contributed by atoms with Crippen LogP contribution >= 0.6 is 0 Å². The maximum absolute atomic E-state index is 11.9. The molecular formula is C26H52N2O4. The summed E-state index contributed by atoms with van der Waals surface area (Å²) in [6.07, 6.45) is 2.73. The fourth-order valence-electron chi connectivity index (χ4n) is 4.48. The average molecular weight is 457 g/mol. The number of hydrogen-bond donors (Lipinski definition) is 2. The smallest absolute Gasteiger partial charge is 0.307 e. The van der Waals surface area contributed by atoms with Crippen LogP contribution in [-0.2, 0) is 19.1 Å². The van der Waals surface area contributed by atoms with Gasteiger partial charge in [-0.3, -0.25) is 9.59 Å². The predicted molar refractivity (Wildman–Crippen MR) is 133 cm³/mol. The molecule has 6 heteroatoms. The van der Waals surface area contributed by atoms with E-state index in [1.807, 2.05) is 0 Å². The normalized spacial score (nSPS) is 13.2. The first-order chi connectivity index (χ1) is 14.4. The third-order valence-electron chi connectivity index (χ3n) is 4.76. The highest BCUT2D eigenvalue weighted by atomic mass is 16.5. The Balaban J connectivity index is 3.76. The van der Waals surface area contributed by atoms with Gasteiger partial charge in [0.2, 0.25) is 0 Å². The number of hydrogen-bond acceptors (Lipinski definition) is 6. The van der Waals surface area contributed by atoms with Crippen LogP contribution in [0.3, 0.4) is 0 Å². The van der Waals surface area contributed by atoms with Crippen LogP contribution < -0.4 is 10.6 Å². The highest BCUT2D eigenvalue weighted by molar-refractivity contribution is 5.69. The maximum Gasteiger partial charge on any atom is 0.307 e. The molecule has 0 fully saturated rings. The fraction of sp³-hybridized carbons (Fsp3) is 0.923. The van der Waals surface area contributed by atoms with Crippen LogP contribution in [0, 0.1) is 21.7 Å². The van der Waals surface area contributed by atoms with Crippen molar-refractivity contribution in [1.29, 1.82) is 0 Å². The van der Waals surface area contributed by atoms with Gasteiger partial charge in [0.1, 0.15) is 0 Å². The van der Waals surface area contributed by atoms with Crippen LogP contribution in [-0.4, -0.2) is 51.3 Å². The minimum Gasteiger partial charge on any atom is -0.465 e. The summed E-state index contributed by atoms with van der Waals surface area (Å²) in [7, 11) is 0. The van der Waals surface area contributed by atoms with E-state index >= 15 is 0 Å². The van der Waals surface area contributed by atoms with Gasteiger partial charge in [0.05, 0.1) is 26.1 Å². The van der Waals surface area contributed by atoms with Crippen LogP contribution in [0.5, 0.6) is 0 Å². The molecule has 0 heterocycles. The van der Waals surface area contributed by atoms with Crippen molar-refractivity contribution in [3.63, 3.8) is 0 Å². The number of nitrogens with one attached hydrogen (secondary N) is 2. The lowest BCUT2D eigenvalue weighted by Crippen LogP contribution is -2.32. The molecule has 0 bridgehead atoms. The average Bonchev–Trinajstić information content (AvgIpc) is 2.56. The van der Waals surface area contributed by atoms with E-state index in [-0.39, 0.29) is 33.6 Å². The molecule has 0 aliphatic rings. The maximum atomic E-state index is 11.9. The topological polar surface area (TPSA) is 76.7 Å². The Labute approximate surface area is 198 Å². The van der Waals surface area contributed by atoms with E-state index in [0.717, 1.165) is 25.9 Å². The summed E-state index contributed by atoms with van der Waals surface area (Å²) in [5.74, 6) is -0.325. The van der Waals surface area contributed by atoms with E-state index in [1.54, 1.807) is 0 Å². The van der Waals surface area contributed by atoms with Gasteiger partial charge < -0.3 is 20.1 Å². The van der Waals surface area contributed by atoms with Crippen molar-refractivity contribution < 1.29 is 19.1 Å². The zero-order chi connectivity index (χ0) is 25.1. The zero-order valence-electron chi connectivity index (χ0n) is 22.7. The van der Waals surface area contributed by atoms with E-state index in [9.17, 15) is 9.59 Å². The quantitative estimate of drug-likeness (QED) is 0.268. The summed E-state index contributed by atoms with van der Waals surface area (Å²) in [6.45, 7) is 25.3. The van der Waals surface area contributed by atoms with Gasteiger partial charge in [-0.15, -0.1) is 0 Å². The van der Waals surface area contributed by atoms with Crippen molar-refractivity contribution in [3.8, 4) is 0 Å². The number of carbonyl (C=O) groups excluding carboxylic acids is 2. The van der Waals surface area contributed by atoms with Gasteiger partial charge in [-0.05, 0) is 34.5 Å². The Hall–Kier alpha value is -1.14. The van der Waals surface area contributed by atoms with E-state index in [4.69, 9.17) is 9.47 Å². The number of carbonyl (C=O) groups is 2. The van der Waals surface area contributed by atoms with Gasteiger partial charge in [0.15, 0.2) is 0 Å². The molecule has 0 saturated carbocycles. The Kier molecular flexibility index (Phi) is 13.1. The summed E-state index contributed by atoms with van der Waals surface area (Å²) in [5, 5.41) is 6.45. The number of esters is 2. The molecular weight excluding hydrogens is 404 g/mol. The van der Waals surface area contributed by atoms with Gasteiger partial charge in [-0.1, -0.05) is 69.2 Å². The van der Waals surface area contributed by atoms with Gasteiger partial charge >= 0.3 is 11.9 Å². The molecule has 0 aromatic rings. The second kappa shape index (κ2) is 13.5. The summed E-state index contributed by atoms with van der Waals surface area (Å²) in [4.78, 5) is 23.9. The lowest BCUT2D eigenvalue weighted by atomic mass is 9.77. The lowest BCUT2D eigenvalue weighted by Gasteiger charge is -2.31. The molecule has 0 aromatic heterocycles. The molecule has 190 valence electrons. The van der Waals surface area contributed by atoms with Crippen molar-refractivity contribution >= 4 is 11.9 Å². The van der Waals surface area contributed by atoms with Crippen molar-refractivity contribution in [1.82, 2.24) is 10.6 Å². The Morgan fingerprint density at radius 2 is 0.875 bits per heavy atom. The van der Waals surface area contributed by atoms with Crippen molar-refractivity contribution in [2.24, 2.45) is 21.7 Å². The molecule has 2 N–H and O–H groups in total. The van der Waals surface area contributed by atoms with Crippen molar-refractivity contribution in [3.05, 3.63) is 0 Å². The molecule has 6 nitrogen and oxygen atoms in total. The minimum absolute atomic E-state index is 0.0191. The highest BCUT2D eigenvalue weighted by Crippen LogP contribution is 2.34. The monoisotopic (exact) mass is 456 g/mol. The molecule has 0 aromatic carbocycles. The van der Waals surface area contributed by atoms with Gasteiger partial charge in [-0.25, -0.2) is 0 Å². The molecule has 0 spiro atoms. The Bertz CT molecular complexity index is 507. The molecule has 0 amide bonds. The van der Waals surface area contributed by atoms with Crippen LogP contribution in [0.25, 0.3) is 0 Å². The van der Waals surface area contributed by atoms with Crippen LogP contribution in [0.4, 0.5) is 0 Å². The predicted octanol–water partition coefficient (Wildman–Crippen LogP) is 4.96. The van der Waals surface area contributed by atoms with E-state index in [1.165, 1.54) is 0 Å². The second-order valence-electron chi connectivity index (χ2n) is 13.1. The first-order valence-corrected chi connectivity index (χ1v) is 12.1. The third-order valence-corrected chi connectivity index (χ3v) is 4.76. The van der Waals surface area contributed by atoms with Crippen molar-refractivity contribution in [2.75, 3.05) is 39.4 Å². The standard InChI is InChI=1S/C26H52N2O4/c1-23(2,3)17-25(7,8)19-31-21(29)11-13-27-15-16-28-14-12-22(30)32-20-26(9,10)18-24(4,5)6/h27-28H,11-20H2,1-10H3. The lowest BCUT2D eigenvalue weighted by molar-refractivity contribution is -0.148. The van der Waals surface area contributed by atoms with Crippen LogP contribution in [0.15, 0.2) is 0 Å². The molecule has 0 atom stereocenters. The third kappa shape index (κ3) is 19.5. The summed E-state index contributed by atoms with van der Waals surface area (Å²) in [5.41, 5.74) is 0.386. The van der Waals surface area contributed by atoms with Gasteiger partial charge in [0.25, 0.3) is 0 Å². The molecule has 0 rings (SSSR count). The van der Waals surface area contributed by atoms with Crippen LogP contribution in [0.2, 0.25) is 0 Å². The van der Waals surface area contributed by atoms with E-state index in [0.29, 0.717) is 39.1 Å². The van der Waals surface area contributed by atoms with Gasteiger partial charge in [-0.2, -0.15) is 0 Å². The first kappa shape index (κ1) is 30.9. The summed E-state index contributed by atoms with van der Waals surface area (Å²) >= 11 is 0. The zero-order valence-corrected chi connectivity index (χ0v) is 22.7. The number of rotatable bonds is 15. The summed E-state index contributed by atoms with van der Waals surface area (Å²) < 4.78 is 10.9. The Morgan fingerprint density at radius 1 is 0.562 bits per heavy atom. The molecule has 0 aliphatic heterocycles. The largest absolute Gasteiger partial charge is 0.465 e. The van der Waals surface area contributed by atoms with E-state index < -0.39 is 0 Å². The SMILES string of the molecule is CC(C)(C)CC(C)(C)COC(=O)CCNCCNCCC(=O)OCC(C)(C)CC(C)(C)C. The van der Waals surface area contributed by atoms with Crippen LogP contribution in [0.1, 0.15) is 94.9 Å². The second-order valence-corrected chi connectivity index (χ2v) is 13.1. The molecule has 32 heavy (non-hydrogen) atoms. The molecule has 0 saturated heterocycles. The molecule has 0 unspecified atom stereocenters. The Morgan fingerprint density at radius 3 is 1.16 bits per heavy atom. The van der Waals surface area contributed by atoms with E-state index in [2.05, 4.69) is 79.9 Å². The summed E-state index contributed by atoms with van der Waals surface area (Å²) in [6, 6.07) is 0. The molecule has 0 radical (unpaired) electrons. The molecule has 0 aliphatic carbocycles. The highest BCUT2D eigenvalue weighted by Gasteiger charge is 2.27. The first-order valence-electron chi connectivity index (χ1n) is 12.1. The fourth-order valence-corrected chi connectivity index (χ4v) is 4.48. The minimum atomic E-state index is -0.162. The number of ether oxygens (including phenoxy) is 2. The van der Waals surface area contributed by atoms with Gasteiger partial charge in [0, 0.05) is 26.2 Å². The van der Waals surface area contributed by atoms with Crippen molar-refractivity contribution in [2.45, 2.75) is 94.9 Å².